The molecule has 0 bridgehead atoms. The maximum absolute atomic E-state index is 14.4. The van der Waals surface area contributed by atoms with Gasteiger partial charge in [-0.2, -0.15) is 0 Å². The number of ether oxygens (including phenoxy) is 1. The molecule has 5 nitrogen and oxygen atoms in total. The van der Waals surface area contributed by atoms with E-state index in [1.807, 2.05) is 34.1 Å². The maximum atomic E-state index is 14.4. The number of carbonyl (C=O) groups is 2. The summed E-state index contributed by atoms with van der Waals surface area (Å²) in [7, 11) is 0. The third kappa shape index (κ3) is 7.12. The van der Waals surface area contributed by atoms with Crippen LogP contribution >= 0.6 is 0 Å². The number of hydrogen-bond donors (Lipinski definition) is 0. The second-order valence-electron chi connectivity index (χ2n) is 10.4. The number of amides is 2. The van der Waals surface area contributed by atoms with Crippen LogP contribution in [0.15, 0.2) is 48.5 Å². The van der Waals surface area contributed by atoms with E-state index < -0.39 is 0 Å². The van der Waals surface area contributed by atoms with Crippen molar-refractivity contribution in [1.29, 1.82) is 0 Å². The van der Waals surface area contributed by atoms with Crippen LogP contribution in [0.3, 0.4) is 0 Å². The Kier molecular flexibility index (Phi) is 9.98. The maximum Gasteiger partial charge on any atom is 0.257 e. The molecule has 2 aromatic rings. The summed E-state index contributed by atoms with van der Waals surface area (Å²) in [4.78, 5) is 31.1. The van der Waals surface area contributed by atoms with Crippen molar-refractivity contribution in [3.8, 4) is 5.75 Å². The topological polar surface area (TPSA) is 49.9 Å². The summed E-state index contributed by atoms with van der Waals surface area (Å²) in [5.74, 6) is 0.233. The van der Waals surface area contributed by atoms with Crippen molar-refractivity contribution >= 4 is 11.8 Å². The molecule has 0 N–H and O–H groups in total. The van der Waals surface area contributed by atoms with Crippen molar-refractivity contribution in [2.24, 2.45) is 0 Å². The summed E-state index contributed by atoms with van der Waals surface area (Å²) in [5.41, 5.74) is 1.03. The van der Waals surface area contributed by atoms with Crippen molar-refractivity contribution in [3.63, 3.8) is 0 Å². The minimum atomic E-state index is -0.338. The summed E-state index contributed by atoms with van der Waals surface area (Å²) in [6.07, 6.45) is 9.55. The third-order valence-electron chi connectivity index (χ3n) is 7.69. The number of hydrogen-bond acceptors (Lipinski definition) is 3. The van der Waals surface area contributed by atoms with Gasteiger partial charge < -0.3 is 14.5 Å². The van der Waals surface area contributed by atoms with Crippen molar-refractivity contribution in [2.45, 2.75) is 89.7 Å². The molecule has 200 valence electrons. The average molecular weight is 509 g/mol. The lowest BCUT2D eigenvalue weighted by atomic mass is 9.90. The molecule has 0 aromatic heterocycles. The first-order chi connectivity index (χ1) is 18.1. The molecule has 2 aliphatic rings. The van der Waals surface area contributed by atoms with Crippen molar-refractivity contribution in [3.05, 3.63) is 65.5 Å². The van der Waals surface area contributed by atoms with Crippen LogP contribution in [0.5, 0.6) is 5.75 Å². The van der Waals surface area contributed by atoms with E-state index in [1.165, 1.54) is 6.07 Å². The largest absolute Gasteiger partial charge is 0.487 e. The molecular formula is C31H41FN2O3. The molecule has 4 rings (SSSR count). The zero-order valence-electron chi connectivity index (χ0n) is 22.2. The molecule has 0 saturated heterocycles. The summed E-state index contributed by atoms with van der Waals surface area (Å²) >= 11 is 0. The highest BCUT2D eigenvalue weighted by atomic mass is 19.1. The van der Waals surface area contributed by atoms with Gasteiger partial charge in [-0.15, -0.1) is 0 Å². The van der Waals surface area contributed by atoms with Gasteiger partial charge in [0.25, 0.3) is 5.91 Å². The van der Waals surface area contributed by atoms with E-state index in [-0.39, 0.29) is 36.2 Å². The van der Waals surface area contributed by atoms with Crippen LogP contribution in [0.25, 0.3) is 0 Å². The van der Waals surface area contributed by atoms with Gasteiger partial charge in [-0.1, -0.05) is 62.9 Å². The van der Waals surface area contributed by atoms with Crippen LogP contribution in [-0.4, -0.2) is 53.4 Å². The molecule has 37 heavy (non-hydrogen) atoms. The van der Waals surface area contributed by atoms with E-state index in [0.717, 1.165) is 77.3 Å². The molecular weight excluding hydrogens is 467 g/mol. The van der Waals surface area contributed by atoms with Gasteiger partial charge in [0.1, 0.15) is 17.7 Å². The van der Waals surface area contributed by atoms with Crippen molar-refractivity contribution < 1.29 is 18.7 Å². The summed E-state index contributed by atoms with van der Waals surface area (Å²) in [6, 6.07) is 14.0. The Labute approximate surface area is 221 Å². The predicted molar refractivity (Wildman–Crippen MR) is 144 cm³/mol. The molecule has 0 spiro atoms. The number of para-hydroxylation sites is 1. The lowest BCUT2D eigenvalue weighted by Gasteiger charge is -2.40. The lowest BCUT2D eigenvalue weighted by Crippen LogP contribution is -2.51. The SMILES string of the molecule is CCCN1CCCCCCCN(C(=O)Cc2ccccc2F)[C@@H]2CCCC[C@@H]2Oc2ccccc2C1=O. The fourth-order valence-electron chi connectivity index (χ4n) is 5.73. The molecule has 1 fully saturated rings. The molecule has 6 heteroatoms. The fourth-order valence-corrected chi connectivity index (χ4v) is 5.73. The molecule has 1 aliphatic heterocycles. The number of nitrogens with zero attached hydrogens (tertiary/aromatic N) is 2. The summed E-state index contributed by atoms with van der Waals surface area (Å²) in [5, 5.41) is 0. The van der Waals surface area contributed by atoms with E-state index in [0.29, 0.717) is 23.4 Å². The first kappa shape index (κ1) is 27.2. The van der Waals surface area contributed by atoms with Gasteiger partial charge in [-0.25, -0.2) is 4.39 Å². The Morgan fingerprint density at radius 2 is 1.62 bits per heavy atom. The zero-order chi connectivity index (χ0) is 26.0. The van der Waals surface area contributed by atoms with Gasteiger partial charge in [-0.3, -0.25) is 9.59 Å². The third-order valence-corrected chi connectivity index (χ3v) is 7.69. The minimum absolute atomic E-state index is 0.0205. The fraction of sp³-hybridized carbons (Fsp3) is 0.548. The number of rotatable bonds is 4. The Hall–Kier alpha value is -2.89. The lowest BCUT2D eigenvalue weighted by molar-refractivity contribution is -0.136. The van der Waals surface area contributed by atoms with Crippen LogP contribution in [0, 0.1) is 5.82 Å². The highest BCUT2D eigenvalue weighted by molar-refractivity contribution is 5.97. The second-order valence-corrected chi connectivity index (χ2v) is 10.4. The first-order valence-corrected chi connectivity index (χ1v) is 14.2. The van der Waals surface area contributed by atoms with Crippen LogP contribution in [0.1, 0.15) is 87.1 Å². The molecule has 2 amide bonds. The molecule has 2 atom stereocenters. The van der Waals surface area contributed by atoms with E-state index in [2.05, 4.69) is 6.92 Å². The number of fused-ring (bicyclic) bond motifs is 2. The van der Waals surface area contributed by atoms with Gasteiger partial charge in [0.05, 0.1) is 18.0 Å². The molecule has 1 saturated carbocycles. The van der Waals surface area contributed by atoms with Crippen molar-refractivity contribution in [2.75, 3.05) is 19.6 Å². The van der Waals surface area contributed by atoms with Crippen LogP contribution in [0.4, 0.5) is 4.39 Å². The van der Waals surface area contributed by atoms with E-state index in [9.17, 15) is 14.0 Å². The smallest absolute Gasteiger partial charge is 0.257 e. The van der Waals surface area contributed by atoms with Crippen molar-refractivity contribution in [1.82, 2.24) is 9.80 Å². The first-order valence-electron chi connectivity index (χ1n) is 14.2. The highest BCUT2D eigenvalue weighted by Crippen LogP contribution is 2.31. The van der Waals surface area contributed by atoms with Gasteiger partial charge >= 0.3 is 0 Å². The van der Waals surface area contributed by atoms with E-state index >= 15 is 0 Å². The zero-order valence-corrected chi connectivity index (χ0v) is 22.2. The number of carbonyl (C=O) groups excluding carboxylic acids is 2. The second kappa shape index (κ2) is 13.6. The minimum Gasteiger partial charge on any atom is -0.487 e. The monoisotopic (exact) mass is 508 g/mol. The number of benzene rings is 2. The predicted octanol–water partition coefficient (Wildman–Crippen LogP) is 6.40. The Balaban J connectivity index is 1.63. The molecule has 1 aliphatic carbocycles. The van der Waals surface area contributed by atoms with Crippen LogP contribution < -0.4 is 4.74 Å². The molecule has 0 radical (unpaired) electrons. The summed E-state index contributed by atoms with van der Waals surface area (Å²) in [6.45, 7) is 4.24. The van der Waals surface area contributed by atoms with E-state index in [4.69, 9.17) is 4.74 Å². The Morgan fingerprint density at radius 1 is 0.919 bits per heavy atom. The Bertz CT molecular complexity index is 1040. The molecule has 0 unspecified atom stereocenters. The molecule has 1 heterocycles. The van der Waals surface area contributed by atoms with Gasteiger partial charge in [0.2, 0.25) is 5.91 Å². The van der Waals surface area contributed by atoms with Gasteiger partial charge in [-0.05, 0) is 62.3 Å². The number of halogens is 1. The highest BCUT2D eigenvalue weighted by Gasteiger charge is 2.35. The van der Waals surface area contributed by atoms with Gasteiger partial charge in [0, 0.05) is 19.6 Å². The average Bonchev–Trinajstić information content (AvgIpc) is 2.91. The van der Waals surface area contributed by atoms with Crippen LogP contribution in [-0.2, 0) is 11.2 Å². The van der Waals surface area contributed by atoms with E-state index in [1.54, 1.807) is 18.2 Å². The van der Waals surface area contributed by atoms with Gasteiger partial charge in [0.15, 0.2) is 0 Å². The van der Waals surface area contributed by atoms with Crippen LogP contribution in [0.2, 0.25) is 0 Å². The Morgan fingerprint density at radius 3 is 2.43 bits per heavy atom. The summed E-state index contributed by atoms with van der Waals surface area (Å²) < 4.78 is 21.0. The molecule has 2 aromatic carbocycles. The normalized spacial score (nSPS) is 21.7. The quantitative estimate of drug-likeness (QED) is 0.480. The standard InChI is InChI=1S/C31H41FN2O3/c1-2-20-33-21-12-4-3-5-13-22-34(30(35)23-24-14-6-8-16-26(24)32)27-17-9-11-19-29(27)37-28-18-10-7-15-25(28)31(33)36/h6-8,10,14-16,18,27,29H,2-5,9,11-13,17,19-23H2,1H3/t27-,29+/m1/s1.